The highest BCUT2D eigenvalue weighted by Crippen LogP contribution is 2.16. The molecule has 0 N–H and O–H groups in total. The Morgan fingerprint density at radius 1 is 1.15 bits per heavy atom. The van der Waals surface area contributed by atoms with E-state index < -0.39 is 11.9 Å². The van der Waals surface area contributed by atoms with Gasteiger partial charge >= 0.3 is 5.97 Å². The van der Waals surface area contributed by atoms with Crippen molar-refractivity contribution >= 4 is 11.9 Å². The van der Waals surface area contributed by atoms with Gasteiger partial charge in [0.1, 0.15) is 29.8 Å². The molecule has 0 aliphatic rings. The van der Waals surface area contributed by atoms with Crippen LogP contribution in [0.2, 0.25) is 0 Å². The zero-order valence-electron chi connectivity index (χ0n) is 10.6. The summed E-state index contributed by atoms with van der Waals surface area (Å²) in [5.41, 5.74) is 0.414. The Morgan fingerprint density at radius 2 is 1.85 bits per heavy atom. The Morgan fingerprint density at radius 3 is 2.40 bits per heavy atom. The highest BCUT2D eigenvalue weighted by atomic mass is 16.5. The molecule has 6 nitrogen and oxygen atoms in total. The average molecular weight is 275 g/mol. The Kier molecular flexibility index (Phi) is 4.05. The summed E-state index contributed by atoms with van der Waals surface area (Å²) in [5, 5.41) is 10.5. The minimum absolute atomic E-state index is 0.0743. The molecule has 0 saturated heterocycles. The molecule has 0 aliphatic carbocycles. The second kappa shape index (κ2) is 5.92. The molecule has 0 fully saturated rings. The molecule has 0 unspecified atom stereocenters. The van der Waals surface area contributed by atoms with Crippen LogP contribution >= 0.6 is 0 Å². The van der Waals surface area contributed by atoms with Crippen LogP contribution in [-0.2, 0) is 11.3 Å². The van der Waals surface area contributed by atoms with Gasteiger partial charge in [-0.2, -0.15) is 0 Å². The van der Waals surface area contributed by atoms with E-state index in [1.165, 1.54) is 19.2 Å². The van der Waals surface area contributed by atoms with Gasteiger partial charge in [0, 0.05) is 0 Å². The van der Waals surface area contributed by atoms with Gasteiger partial charge in [-0.1, -0.05) is 0 Å². The van der Waals surface area contributed by atoms with Gasteiger partial charge in [0.15, 0.2) is 0 Å². The van der Waals surface area contributed by atoms with E-state index in [1.807, 2.05) is 0 Å². The van der Waals surface area contributed by atoms with Crippen molar-refractivity contribution in [2.75, 3.05) is 7.11 Å². The summed E-state index contributed by atoms with van der Waals surface area (Å²) in [4.78, 5) is 21.8. The van der Waals surface area contributed by atoms with E-state index in [1.54, 1.807) is 24.3 Å². The summed E-state index contributed by atoms with van der Waals surface area (Å²) < 4.78 is 15.0. The number of carboxylic acid groups (broad SMARTS) is 1. The van der Waals surface area contributed by atoms with Gasteiger partial charge in [0.05, 0.1) is 12.7 Å². The van der Waals surface area contributed by atoms with E-state index in [-0.39, 0.29) is 12.4 Å². The number of carbonyl (C=O) groups is 2. The van der Waals surface area contributed by atoms with E-state index in [4.69, 9.17) is 9.15 Å². The van der Waals surface area contributed by atoms with Gasteiger partial charge in [-0.25, -0.2) is 4.79 Å². The molecule has 2 rings (SSSR count). The van der Waals surface area contributed by atoms with Crippen molar-refractivity contribution < 1.29 is 28.6 Å². The molecule has 0 atom stereocenters. The smallest absolute Gasteiger partial charge is 0.337 e. The number of hydrogen-bond donors (Lipinski definition) is 0. The molecule has 1 aromatic carbocycles. The number of methoxy groups -OCH3 is 1. The maximum Gasteiger partial charge on any atom is 0.337 e. The largest absolute Gasteiger partial charge is 0.542 e. The highest BCUT2D eigenvalue weighted by Gasteiger charge is 2.06. The van der Waals surface area contributed by atoms with Crippen molar-refractivity contribution in [3.8, 4) is 5.75 Å². The molecule has 1 heterocycles. The minimum atomic E-state index is -1.38. The molecule has 0 amide bonds. The molecular weight excluding hydrogens is 264 g/mol. The number of ether oxygens (including phenoxy) is 2. The fraction of sp³-hybridized carbons (Fsp3) is 0.143. The minimum Gasteiger partial charge on any atom is -0.542 e. The van der Waals surface area contributed by atoms with Crippen molar-refractivity contribution in [3.63, 3.8) is 0 Å². The summed E-state index contributed by atoms with van der Waals surface area (Å²) >= 11 is 0. The fourth-order valence-electron chi connectivity index (χ4n) is 1.52. The fourth-order valence-corrected chi connectivity index (χ4v) is 1.52. The lowest BCUT2D eigenvalue weighted by Crippen LogP contribution is -2.21. The third kappa shape index (κ3) is 3.17. The first-order valence-corrected chi connectivity index (χ1v) is 5.71. The molecule has 0 spiro atoms. The van der Waals surface area contributed by atoms with Crippen LogP contribution < -0.4 is 9.84 Å². The quantitative estimate of drug-likeness (QED) is 0.756. The van der Waals surface area contributed by atoms with Gasteiger partial charge in [0.25, 0.3) is 0 Å². The Hall–Kier alpha value is -2.76. The summed E-state index contributed by atoms with van der Waals surface area (Å²) in [6.07, 6.45) is 0. The van der Waals surface area contributed by atoms with Crippen LogP contribution in [0, 0.1) is 0 Å². The third-order valence-corrected chi connectivity index (χ3v) is 2.52. The molecule has 0 radical (unpaired) electrons. The van der Waals surface area contributed by atoms with E-state index in [2.05, 4.69) is 4.74 Å². The van der Waals surface area contributed by atoms with Gasteiger partial charge in [0.2, 0.25) is 0 Å². The molecule has 0 aliphatic heterocycles. The van der Waals surface area contributed by atoms with E-state index in [0.717, 1.165) is 0 Å². The molecule has 1 aromatic heterocycles. The van der Waals surface area contributed by atoms with Crippen molar-refractivity contribution in [1.29, 1.82) is 0 Å². The van der Waals surface area contributed by atoms with Crippen molar-refractivity contribution in [2.24, 2.45) is 0 Å². The summed E-state index contributed by atoms with van der Waals surface area (Å²) in [6.45, 7) is 0.0743. The third-order valence-electron chi connectivity index (χ3n) is 2.52. The molecule has 20 heavy (non-hydrogen) atoms. The number of esters is 1. The first kappa shape index (κ1) is 13.7. The number of rotatable bonds is 5. The van der Waals surface area contributed by atoms with Crippen LogP contribution in [0.3, 0.4) is 0 Å². The Balaban J connectivity index is 1.96. The van der Waals surface area contributed by atoms with Crippen LogP contribution in [0.25, 0.3) is 0 Å². The molecular formula is C14H11O6-. The maximum absolute atomic E-state index is 11.2. The van der Waals surface area contributed by atoms with Gasteiger partial charge in [-0.3, -0.25) is 0 Å². The number of benzene rings is 1. The summed E-state index contributed by atoms with van der Waals surface area (Å²) in [5.74, 6) is -1.17. The number of furan rings is 1. The highest BCUT2D eigenvalue weighted by molar-refractivity contribution is 5.89. The topological polar surface area (TPSA) is 88.8 Å². The molecule has 104 valence electrons. The van der Waals surface area contributed by atoms with Gasteiger partial charge in [-0.05, 0) is 36.4 Å². The predicted molar refractivity (Wildman–Crippen MR) is 65.2 cm³/mol. The van der Waals surface area contributed by atoms with Crippen LogP contribution in [-0.4, -0.2) is 19.0 Å². The lowest BCUT2D eigenvalue weighted by molar-refractivity contribution is -0.257. The number of carboxylic acids is 1. The van der Waals surface area contributed by atoms with Crippen molar-refractivity contribution in [2.45, 2.75) is 6.61 Å². The summed E-state index contributed by atoms with van der Waals surface area (Å²) in [6, 6.07) is 9.14. The molecule has 0 saturated carbocycles. The zero-order chi connectivity index (χ0) is 14.5. The number of carbonyl (C=O) groups excluding carboxylic acids is 2. The summed E-state index contributed by atoms with van der Waals surface area (Å²) in [7, 11) is 1.30. The standard InChI is InChI=1S/C14H12O6/c1-18-14(17)9-2-4-10(5-3-9)19-8-11-6-7-12(20-11)13(15)16/h2-7H,8H2,1H3,(H,15,16)/p-1. The van der Waals surface area contributed by atoms with Crippen LogP contribution in [0.5, 0.6) is 5.75 Å². The van der Waals surface area contributed by atoms with Gasteiger partial charge in [-0.15, -0.1) is 0 Å². The SMILES string of the molecule is COC(=O)c1ccc(OCc2ccc(C(=O)[O-])o2)cc1. The van der Waals surface area contributed by atoms with Crippen LogP contribution in [0.15, 0.2) is 40.8 Å². The average Bonchev–Trinajstić information content (AvgIpc) is 2.94. The predicted octanol–water partition coefficient (Wildman–Crippen LogP) is 1.01. The maximum atomic E-state index is 11.2. The first-order chi connectivity index (χ1) is 9.60. The Bertz CT molecular complexity index is 611. The zero-order valence-corrected chi connectivity index (χ0v) is 10.6. The second-order valence-electron chi connectivity index (χ2n) is 3.86. The molecule has 0 bridgehead atoms. The monoisotopic (exact) mass is 275 g/mol. The van der Waals surface area contributed by atoms with Crippen LogP contribution in [0.1, 0.15) is 26.7 Å². The molecule has 6 heteroatoms. The number of hydrogen-bond acceptors (Lipinski definition) is 6. The Labute approximate surface area is 114 Å². The van der Waals surface area contributed by atoms with Gasteiger partial charge < -0.3 is 23.8 Å². The van der Waals surface area contributed by atoms with Crippen LogP contribution in [0.4, 0.5) is 0 Å². The molecule has 2 aromatic rings. The lowest BCUT2D eigenvalue weighted by Gasteiger charge is -2.05. The van der Waals surface area contributed by atoms with Crippen molar-refractivity contribution in [1.82, 2.24) is 0 Å². The first-order valence-electron chi connectivity index (χ1n) is 5.71. The van der Waals surface area contributed by atoms with E-state index in [9.17, 15) is 14.7 Å². The van der Waals surface area contributed by atoms with E-state index in [0.29, 0.717) is 17.1 Å². The second-order valence-corrected chi connectivity index (χ2v) is 3.86. The normalized spacial score (nSPS) is 10.1. The number of aromatic carboxylic acids is 1. The van der Waals surface area contributed by atoms with Crippen molar-refractivity contribution in [3.05, 3.63) is 53.5 Å². The lowest BCUT2D eigenvalue weighted by atomic mass is 10.2. The van der Waals surface area contributed by atoms with E-state index >= 15 is 0 Å².